The van der Waals surface area contributed by atoms with Crippen molar-refractivity contribution >= 4 is 11.9 Å². The van der Waals surface area contributed by atoms with Crippen LogP contribution in [0.3, 0.4) is 0 Å². The van der Waals surface area contributed by atoms with Crippen LogP contribution in [-0.4, -0.2) is 11.9 Å². The molecular formula is C20H26N2O4+3. The van der Waals surface area contributed by atoms with Crippen LogP contribution in [0.5, 0.6) is 0 Å². The van der Waals surface area contributed by atoms with Crippen molar-refractivity contribution in [3.63, 3.8) is 0 Å². The van der Waals surface area contributed by atoms with Crippen LogP contribution in [0.15, 0.2) is 72.9 Å². The zero-order valence-electron chi connectivity index (χ0n) is 15.1. The van der Waals surface area contributed by atoms with E-state index in [1.807, 2.05) is 50.3 Å². The maximum atomic E-state index is 11.4. The molecule has 0 aromatic heterocycles. The Balaban J connectivity index is 2.28. The van der Waals surface area contributed by atoms with E-state index in [0.717, 1.165) is 11.1 Å². The fourth-order valence-electron chi connectivity index (χ4n) is 1.82. The number of rotatable bonds is 10. The molecule has 0 amide bonds. The fourth-order valence-corrected chi connectivity index (χ4v) is 1.82. The Morgan fingerprint density at radius 1 is 0.885 bits per heavy atom. The zero-order chi connectivity index (χ0) is 19.0. The zero-order valence-corrected chi connectivity index (χ0v) is 15.1. The molecule has 0 atom stereocenters. The molecule has 0 heterocycles. The SMILES string of the molecule is C/C=C\C=C/C(=O)O[NH2+]Cc1ccc(C[NH2+]OC(=[O+])/C=C\C=C/C)cc1. The molecule has 137 valence electrons. The summed E-state index contributed by atoms with van der Waals surface area (Å²) in [5, 5.41) is 0. The van der Waals surface area contributed by atoms with Gasteiger partial charge >= 0.3 is 11.9 Å². The monoisotopic (exact) mass is 358 g/mol. The minimum atomic E-state index is -0.403. The molecule has 0 fully saturated rings. The number of hydroxylamine groups is 2. The summed E-state index contributed by atoms with van der Waals surface area (Å²) in [5.74, 6) is -0.806. The molecule has 0 saturated carbocycles. The van der Waals surface area contributed by atoms with Crippen LogP contribution in [-0.2, 0) is 32.4 Å². The van der Waals surface area contributed by atoms with Crippen LogP contribution < -0.4 is 11.0 Å². The Morgan fingerprint density at radius 3 is 1.92 bits per heavy atom. The van der Waals surface area contributed by atoms with E-state index >= 15 is 0 Å². The average Bonchev–Trinajstić information content (AvgIpc) is 2.63. The molecule has 0 aliphatic heterocycles. The van der Waals surface area contributed by atoms with E-state index < -0.39 is 11.9 Å². The second-order valence-electron chi connectivity index (χ2n) is 5.20. The molecule has 0 unspecified atom stereocenters. The molecule has 4 N–H and O–H groups in total. The Kier molecular flexibility index (Phi) is 10.8. The normalized spacial score (nSPS) is 11.8. The van der Waals surface area contributed by atoms with Crippen LogP contribution >= 0.6 is 0 Å². The highest BCUT2D eigenvalue weighted by Crippen LogP contribution is 2.01. The van der Waals surface area contributed by atoms with Gasteiger partial charge in [0.2, 0.25) is 0 Å². The topological polar surface area (TPSA) is 88.7 Å². The molecule has 6 heteroatoms. The van der Waals surface area contributed by atoms with Gasteiger partial charge in [-0.15, -0.1) is 0 Å². The highest BCUT2D eigenvalue weighted by Gasteiger charge is 2.15. The van der Waals surface area contributed by atoms with Crippen molar-refractivity contribution in [2.24, 2.45) is 0 Å². The molecule has 1 radical (unpaired) electrons. The van der Waals surface area contributed by atoms with E-state index in [2.05, 4.69) is 0 Å². The van der Waals surface area contributed by atoms with Crippen LogP contribution in [0.25, 0.3) is 0 Å². The van der Waals surface area contributed by atoms with Crippen molar-refractivity contribution in [2.75, 3.05) is 0 Å². The Morgan fingerprint density at radius 2 is 1.38 bits per heavy atom. The molecule has 0 saturated heterocycles. The summed E-state index contributed by atoms with van der Waals surface area (Å²) in [7, 11) is 0. The van der Waals surface area contributed by atoms with E-state index in [0.29, 0.717) is 13.1 Å². The second kappa shape index (κ2) is 13.3. The third-order valence-electron chi connectivity index (χ3n) is 3.13. The van der Waals surface area contributed by atoms with Crippen molar-refractivity contribution < 1.29 is 30.2 Å². The Labute approximate surface area is 153 Å². The van der Waals surface area contributed by atoms with Crippen molar-refractivity contribution in [2.45, 2.75) is 26.9 Å². The molecular weight excluding hydrogens is 332 g/mol. The maximum absolute atomic E-state index is 11.4. The predicted molar refractivity (Wildman–Crippen MR) is 97.8 cm³/mol. The van der Waals surface area contributed by atoms with E-state index in [4.69, 9.17) is 9.68 Å². The second-order valence-corrected chi connectivity index (χ2v) is 5.20. The third-order valence-corrected chi connectivity index (χ3v) is 3.13. The van der Waals surface area contributed by atoms with Gasteiger partial charge in [0.1, 0.15) is 12.6 Å². The van der Waals surface area contributed by atoms with Crippen LogP contribution in [0.4, 0.5) is 0 Å². The maximum Gasteiger partial charge on any atom is 0.662 e. The molecule has 26 heavy (non-hydrogen) atoms. The fraction of sp³-hybridized carbons (Fsp3) is 0.200. The quantitative estimate of drug-likeness (QED) is 0.283. The van der Waals surface area contributed by atoms with Gasteiger partial charge in [-0.2, -0.15) is 5.48 Å². The number of carbonyl (C=O) groups excluding carboxylic acids is 2. The van der Waals surface area contributed by atoms with Gasteiger partial charge in [-0.1, -0.05) is 65.0 Å². The molecule has 1 aromatic rings. The molecule has 0 aliphatic rings. The van der Waals surface area contributed by atoms with Gasteiger partial charge in [-0.05, 0) is 19.9 Å². The first-order chi connectivity index (χ1) is 12.7. The lowest BCUT2D eigenvalue weighted by molar-refractivity contribution is -0.884. The summed E-state index contributed by atoms with van der Waals surface area (Å²) in [6.07, 6.45) is 13.2. The Bertz CT molecular complexity index is 615. The van der Waals surface area contributed by atoms with Crippen molar-refractivity contribution in [3.8, 4) is 0 Å². The third kappa shape index (κ3) is 10.0. The predicted octanol–water partition coefficient (Wildman–Crippen LogP) is 0.994. The van der Waals surface area contributed by atoms with E-state index in [1.165, 1.54) is 23.1 Å². The first kappa shape index (κ1) is 21.1. The summed E-state index contributed by atoms with van der Waals surface area (Å²) in [6, 6.07) is 7.77. The number of benzene rings is 1. The lowest BCUT2D eigenvalue weighted by Crippen LogP contribution is -2.82. The van der Waals surface area contributed by atoms with Gasteiger partial charge in [0, 0.05) is 17.2 Å². The van der Waals surface area contributed by atoms with Crippen molar-refractivity contribution in [3.05, 3.63) is 84.0 Å². The van der Waals surface area contributed by atoms with Gasteiger partial charge in [-0.3, -0.25) is 4.84 Å². The van der Waals surface area contributed by atoms with Gasteiger partial charge in [0.05, 0.1) is 4.79 Å². The minimum absolute atomic E-state index is 0.403. The smallest absolute Gasteiger partial charge is 0.275 e. The summed E-state index contributed by atoms with van der Waals surface area (Å²) < 4.78 is 0. The summed E-state index contributed by atoms with van der Waals surface area (Å²) in [6.45, 7) is 4.79. The molecule has 1 rings (SSSR count). The highest BCUT2D eigenvalue weighted by atomic mass is 16.7. The van der Waals surface area contributed by atoms with Crippen LogP contribution in [0, 0.1) is 0 Å². The summed E-state index contributed by atoms with van der Waals surface area (Å²) in [4.78, 5) is 32.8. The summed E-state index contributed by atoms with van der Waals surface area (Å²) in [5.41, 5.74) is 4.99. The summed E-state index contributed by atoms with van der Waals surface area (Å²) >= 11 is 0. The van der Waals surface area contributed by atoms with Crippen LogP contribution in [0.1, 0.15) is 25.0 Å². The van der Waals surface area contributed by atoms with Crippen LogP contribution in [0.2, 0.25) is 0 Å². The number of quaternary nitrogens is 2. The number of allylic oxidation sites excluding steroid dienone is 6. The number of hydrogen-bond acceptors (Lipinski definition) is 4. The Hall–Kier alpha value is -2.96. The van der Waals surface area contributed by atoms with Gasteiger partial charge in [0.25, 0.3) is 0 Å². The van der Waals surface area contributed by atoms with Gasteiger partial charge in [0.15, 0.2) is 6.54 Å². The van der Waals surface area contributed by atoms with Gasteiger partial charge < -0.3 is 0 Å². The number of nitrogens with two attached hydrogens (primary N) is 2. The van der Waals surface area contributed by atoms with E-state index in [1.54, 1.807) is 24.3 Å². The van der Waals surface area contributed by atoms with Gasteiger partial charge in [-0.25, -0.2) is 4.79 Å². The number of carbonyl (C=O) groups is 2. The van der Waals surface area contributed by atoms with E-state index in [-0.39, 0.29) is 0 Å². The lowest BCUT2D eigenvalue weighted by atomic mass is 10.1. The largest absolute Gasteiger partial charge is 0.662 e. The lowest BCUT2D eigenvalue weighted by Gasteiger charge is -2.01. The van der Waals surface area contributed by atoms with E-state index in [9.17, 15) is 9.59 Å². The van der Waals surface area contributed by atoms with Crippen molar-refractivity contribution in [1.82, 2.24) is 0 Å². The minimum Gasteiger partial charge on any atom is -0.275 e. The molecule has 0 spiro atoms. The molecule has 1 aromatic carbocycles. The first-order valence-corrected chi connectivity index (χ1v) is 8.36. The standard InChI is InChI=1S/C20H24N2O4/c1-3-5-7-9-19(23)25-21-15-17-11-13-18(14-12-17)16-22-26-20(24)10-8-6-4-2/h3-14,21-22H,15-16H2,1-2H3/q+1/p+2/b5-3-,6-4-,9-7-,10-8-. The number of hydrogen-bond donors (Lipinski definition) is 2. The average molecular weight is 358 g/mol. The van der Waals surface area contributed by atoms with Crippen molar-refractivity contribution in [1.29, 1.82) is 0 Å². The first-order valence-electron chi connectivity index (χ1n) is 8.36. The highest BCUT2D eigenvalue weighted by molar-refractivity contribution is 5.81. The molecule has 0 bridgehead atoms. The molecule has 0 aliphatic carbocycles. The molecule has 6 nitrogen and oxygen atoms in total.